The van der Waals surface area contributed by atoms with Crippen LogP contribution in [0, 0.1) is 0 Å². The highest BCUT2D eigenvalue weighted by atomic mass is 32.2. The van der Waals surface area contributed by atoms with Gasteiger partial charge in [0.25, 0.3) is 10.0 Å². The molecule has 0 bridgehead atoms. The molecule has 1 saturated heterocycles. The van der Waals surface area contributed by atoms with E-state index in [9.17, 15) is 13.2 Å². The summed E-state index contributed by atoms with van der Waals surface area (Å²) in [4.78, 5) is 24.0. The normalized spacial score (nSPS) is 14.3. The lowest BCUT2D eigenvalue weighted by molar-refractivity contribution is -0.117. The Balaban J connectivity index is 1.37. The second-order valence-corrected chi connectivity index (χ2v) is 11.8. The topological polar surface area (TPSA) is 147 Å². The third kappa shape index (κ3) is 7.49. The largest absolute Gasteiger partial charge is 0.497 e. The van der Waals surface area contributed by atoms with E-state index >= 15 is 0 Å². The van der Waals surface area contributed by atoms with Crippen LogP contribution in [0.4, 0.5) is 23.0 Å². The van der Waals surface area contributed by atoms with Crippen molar-refractivity contribution in [2.45, 2.75) is 23.8 Å². The first-order valence-electron chi connectivity index (χ1n) is 13.9. The molecule has 1 amide bonds. The van der Waals surface area contributed by atoms with E-state index < -0.39 is 10.0 Å². The number of likely N-dealkylation sites (tertiary alicyclic amines) is 1. The number of amides is 1. The molecule has 13 heteroatoms. The fourth-order valence-corrected chi connectivity index (χ4v) is 5.94. The van der Waals surface area contributed by atoms with E-state index in [-0.39, 0.29) is 29.0 Å². The number of para-hydroxylation sites is 2. The average molecular weight is 606 g/mol. The van der Waals surface area contributed by atoms with Gasteiger partial charge in [-0.3, -0.25) is 14.4 Å². The summed E-state index contributed by atoms with van der Waals surface area (Å²) in [6, 6.07) is 18.9. The predicted octanol–water partition coefficient (Wildman–Crippen LogP) is 3.81. The first kappa shape index (κ1) is 30.0. The monoisotopic (exact) mass is 605 g/mol. The number of methoxy groups -OCH3 is 2. The molecule has 12 nitrogen and oxygen atoms in total. The smallest absolute Gasteiger partial charge is 0.263 e. The van der Waals surface area contributed by atoms with Gasteiger partial charge in [0.1, 0.15) is 11.5 Å². The van der Waals surface area contributed by atoms with E-state index in [2.05, 4.69) is 35.5 Å². The summed E-state index contributed by atoms with van der Waals surface area (Å²) in [5.74, 6) is 1.06. The molecule has 4 N–H and O–H groups in total. The predicted molar refractivity (Wildman–Crippen MR) is 167 cm³/mol. The molecule has 3 aromatic carbocycles. The lowest BCUT2D eigenvalue weighted by atomic mass is 10.1. The Morgan fingerprint density at radius 3 is 2.16 bits per heavy atom. The number of nitrogens with one attached hydrogen (secondary N) is 4. The van der Waals surface area contributed by atoms with Crippen molar-refractivity contribution in [3.63, 3.8) is 0 Å². The zero-order valence-electron chi connectivity index (χ0n) is 24.3. The molecule has 1 aliphatic heterocycles. The second-order valence-electron chi connectivity index (χ2n) is 10.2. The summed E-state index contributed by atoms with van der Waals surface area (Å²) in [5, 5.41) is 9.25. The van der Waals surface area contributed by atoms with E-state index in [1.807, 2.05) is 13.1 Å². The molecule has 1 aromatic heterocycles. The van der Waals surface area contributed by atoms with Gasteiger partial charge in [-0.15, -0.1) is 0 Å². The lowest BCUT2D eigenvalue weighted by Crippen LogP contribution is -2.44. The number of rotatable bonds is 11. The SMILES string of the molecule is CNC1CCN(CC(=O)Nc2cccc(S(=O)(=O)Nc3nc4ccccc4nc3Nc3cc(OC)cc(OC)c3)c2)CC1. The molecule has 0 atom stereocenters. The Bertz CT molecular complexity index is 1690. The summed E-state index contributed by atoms with van der Waals surface area (Å²) in [5.41, 5.74) is 2.02. The van der Waals surface area contributed by atoms with Gasteiger partial charge in [0, 0.05) is 48.7 Å². The van der Waals surface area contributed by atoms with Crippen LogP contribution in [-0.4, -0.2) is 76.1 Å². The molecular weight excluding hydrogens is 570 g/mol. The highest BCUT2D eigenvalue weighted by Gasteiger charge is 2.22. The van der Waals surface area contributed by atoms with Crippen molar-refractivity contribution in [1.29, 1.82) is 0 Å². The van der Waals surface area contributed by atoms with Crippen LogP contribution in [0.5, 0.6) is 11.5 Å². The van der Waals surface area contributed by atoms with Crippen LogP contribution in [0.1, 0.15) is 12.8 Å². The van der Waals surface area contributed by atoms with E-state index in [0.29, 0.717) is 39.9 Å². The summed E-state index contributed by atoms with van der Waals surface area (Å²) >= 11 is 0. The maximum Gasteiger partial charge on any atom is 0.263 e. The van der Waals surface area contributed by atoms with Crippen molar-refractivity contribution >= 4 is 50.0 Å². The number of ether oxygens (including phenoxy) is 2. The zero-order valence-corrected chi connectivity index (χ0v) is 25.1. The number of fused-ring (bicyclic) bond motifs is 1. The van der Waals surface area contributed by atoms with Crippen LogP contribution in [0.3, 0.4) is 0 Å². The first-order valence-corrected chi connectivity index (χ1v) is 15.3. The first-order chi connectivity index (χ1) is 20.8. The van der Waals surface area contributed by atoms with Crippen molar-refractivity contribution in [2.24, 2.45) is 0 Å². The number of aromatic nitrogens is 2. The number of sulfonamides is 1. The Morgan fingerprint density at radius 1 is 0.884 bits per heavy atom. The fourth-order valence-electron chi connectivity index (χ4n) is 4.89. The Kier molecular flexibility index (Phi) is 9.24. The van der Waals surface area contributed by atoms with Crippen LogP contribution in [0.15, 0.2) is 71.6 Å². The van der Waals surface area contributed by atoms with Gasteiger partial charge in [-0.1, -0.05) is 18.2 Å². The van der Waals surface area contributed by atoms with Gasteiger partial charge in [-0.05, 0) is 50.2 Å². The quantitative estimate of drug-likeness (QED) is 0.199. The minimum atomic E-state index is -4.13. The van der Waals surface area contributed by atoms with Crippen molar-refractivity contribution in [3.05, 3.63) is 66.7 Å². The number of piperidine rings is 1. The minimum Gasteiger partial charge on any atom is -0.497 e. The summed E-state index contributed by atoms with van der Waals surface area (Å²) in [7, 11) is 0.900. The van der Waals surface area contributed by atoms with Gasteiger partial charge in [-0.25, -0.2) is 18.4 Å². The third-order valence-corrected chi connectivity index (χ3v) is 8.54. The Hall–Kier alpha value is -4.46. The van der Waals surface area contributed by atoms with Gasteiger partial charge in [0.05, 0.1) is 36.7 Å². The summed E-state index contributed by atoms with van der Waals surface area (Å²) < 4.78 is 40.5. The van der Waals surface area contributed by atoms with E-state index in [1.54, 1.807) is 48.5 Å². The van der Waals surface area contributed by atoms with Gasteiger partial charge in [0.2, 0.25) is 5.91 Å². The molecule has 4 aromatic rings. The molecule has 0 aliphatic carbocycles. The number of benzene rings is 3. The van der Waals surface area contributed by atoms with Crippen LogP contribution in [0.2, 0.25) is 0 Å². The molecular formula is C30H35N7O5S. The van der Waals surface area contributed by atoms with Gasteiger partial charge in [0.15, 0.2) is 11.6 Å². The number of hydrogen-bond donors (Lipinski definition) is 4. The van der Waals surface area contributed by atoms with Gasteiger partial charge < -0.3 is 25.4 Å². The standard InChI is InChI=1S/C30H35N7O5S/c1-31-20-11-13-37(14-12-20)19-28(38)32-21-7-6-8-25(17-21)43(39,40)36-30-29(34-26-9-4-5-10-27(26)35-30)33-22-15-23(41-2)18-24(16-22)42-3/h4-10,15-18,20,31H,11-14,19H2,1-3H3,(H,32,38)(H,33,34)(H,35,36). The number of nitrogens with zero attached hydrogens (tertiary/aromatic N) is 3. The second kappa shape index (κ2) is 13.2. The van der Waals surface area contributed by atoms with Crippen molar-refractivity contribution in [3.8, 4) is 11.5 Å². The van der Waals surface area contributed by atoms with Crippen LogP contribution in [0.25, 0.3) is 11.0 Å². The van der Waals surface area contributed by atoms with Crippen LogP contribution >= 0.6 is 0 Å². The molecule has 0 saturated carbocycles. The number of carbonyl (C=O) groups excluding carboxylic acids is 1. The molecule has 5 rings (SSSR count). The van der Waals surface area contributed by atoms with Crippen LogP contribution < -0.4 is 30.1 Å². The highest BCUT2D eigenvalue weighted by molar-refractivity contribution is 7.92. The highest BCUT2D eigenvalue weighted by Crippen LogP contribution is 2.31. The molecule has 2 heterocycles. The maximum atomic E-state index is 13.6. The molecule has 0 spiro atoms. The summed E-state index contributed by atoms with van der Waals surface area (Å²) in [6.45, 7) is 1.88. The lowest BCUT2D eigenvalue weighted by Gasteiger charge is -2.31. The Morgan fingerprint density at radius 2 is 1.53 bits per heavy atom. The molecule has 0 radical (unpaired) electrons. The molecule has 1 fully saturated rings. The van der Waals surface area contributed by atoms with Crippen molar-refractivity contribution in [1.82, 2.24) is 20.2 Å². The van der Waals surface area contributed by atoms with E-state index in [4.69, 9.17) is 9.47 Å². The van der Waals surface area contributed by atoms with Gasteiger partial charge in [-0.2, -0.15) is 0 Å². The average Bonchev–Trinajstić information content (AvgIpc) is 3.01. The minimum absolute atomic E-state index is 0.0000953. The van der Waals surface area contributed by atoms with Gasteiger partial charge >= 0.3 is 0 Å². The fraction of sp³-hybridized carbons (Fsp3) is 0.300. The molecule has 0 unspecified atom stereocenters. The molecule has 1 aliphatic rings. The maximum absolute atomic E-state index is 13.6. The third-order valence-electron chi connectivity index (χ3n) is 7.21. The number of hydrogen-bond acceptors (Lipinski definition) is 10. The molecule has 43 heavy (non-hydrogen) atoms. The number of carbonyl (C=O) groups is 1. The zero-order chi connectivity index (χ0) is 30.4. The van der Waals surface area contributed by atoms with Crippen molar-refractivity contribution in [2.75, 3.05) is 56.3 Å². The van der Waals surface area contributed by atoms with E-state index in [1.165, 1.54) is 26.4 Å². The number of anilines is 4. The van der Waals surface area contributed by atoms with Crippen molar-refractivity contribution < 1.29 is 22.7 Å². The van der Waals surface area contributed by atoms with E-state index in [0.717, 1.165) is 25.9 Å². The van der Waals surface area contributed by atoms with Crippen LogP contribution in [-0.2, 0) is 14.8 Å². The Labute approximate surface area is 250 Å². The molecule has 226 valence electrons. The summed E-state index contributed by atoms with van der Waals surface area (Å²) in [6.07, 6.45) is 1.95.